The lowest BCUT2D eigenvalue weighted by atomic mass is 10.2. The number of para-hydroxylation sites is 1. The molecule has 0 atom stereocenters. The van der Waals surface area contributed by atoms with Crippen molar-refractivity contribution in [3.05, 3.63) is 36.3 Å². The number of rotatable bonds is 4. The molecule has 0 radical (unpaired) electrons. The van der Waals surface area contributed by atoms with Gasteiger partial charge in [-0.1, -0.05) is 23.5 Å². The molecule has 0 saturated carbocycles. The lowest BCUT2D eigenvalue weighted by molar-refractivity contribution is -0.114. The topological polar surface area (TPSA) is 82.6 Å². The summed E-state index contributed by atoms with van der Waals surface area (Å²) in [5, 5.41) is 2.72. The van der Waals surface area contributed by atoms with Gasteiger partial charge in [0.15, 0.2) is 9.34 Å². The van der Waals surface area contributed by atoms with Crippen molar-refractivity contribution in [1.82, 2.24) is 9.29 Å². The van der Waals surface area contributed by atoms with Crippen molar-refractivity contribution in [3.8, 4) is 0 Å². The molecule has 1 aliphatic heterocycles. The maximum atomic E-state index is 13.9. The Morgan fingerprint density at radius 3 is 2.56 bits per heavy atom. The average Bonchev–Trinajstić information content (AvgIpc) is 3.04. The Bertz CT molecular complexity index is 876. The highest BCUT2D eigenvalue weighted by atomic mass is 32.2. The van der Waals surface area contributed by atoms with Crippen molar-refractivity contribution in [3.63, 3.8) is 0 Å². The molecule has 10 heteroatoms. The minimum Gasteiger partial charge on any atom is -0.367 e. The molecule has 1 fully saturated rings. The number of piperazine rings is 1. The van der Waals surface area contributed by atoms with Crippen LogP contribution in [0.25, 0.3) is 0 Å². The van der Waals surface area contributed by atoms with Gasteiger partial charge in [0.25, 0.3) is 10.0 Å². The minimum absolute atomic E-state index is 0.0793. The van der Waals surface area contributed by atoms with Crippen LogP contribution in [0.4, 0.5) is 15.2 Å². The molecule has 25 heavy (non-hydrogen) atoms. The molecule has 134 valence electrons. The lowest BCUT2D eigenvalue weighted by Crippen LogP contribution is -2.48. The predicted octanol–water partition coefficient (Wildman–Crippen LogP) is 1.75. The first-order valence-corrected chi connectivity index (χ1v) is 9.86. The Morgan fingerprint density at radius 2 is 1.92 bits per heavy atom. The number of thiazole rings is 1. The van der Waals surface area contributed by atoms with Crippen molar-refractivity contribution in [1.29, 1.82) is 0 Å². The van der Waals surface area contributed by atoms with Gasteiger partial charge in [0.05, 0.1) is 11.9 Å². The summed E-state index contributed by atoms with van der Waals surface area (Å²) in [5.74, 6) is -0.627. The number of nitrogens with one attached hydrogen (secondary N) is 1. The molecule has 0 spiro atoms. The van der Waals surface area contributed by atoms with E-state index in [1.165, 1.54) is 23.5 Å². The first-order chi connectivity index (χ1) is 11.9. The van der Waals surface area contributed by atoms with E-state index in [9.17, 15) is 17.6 Å². The van der Waals surface area contributed by atoms with E-state index in [1.807, 2.05) is 4.90 Å². The van der Waals surface area contributed by atoms with Gasteiger partial charge in [0, 0.05) is 33.1 Å². The normalized spacial score (nSPS) is 16.0. The molecule has 2 heterocycles. The Hall–Kier alpha value is -2.04. The van der Waals surface area contributed by atoms with Crippen molar-refractivity contribution in [2.75, 3.05) is 36.4 Å². The third kappa shape index (κ3) is 3.80. The molecule has 1 N–H and O–H groups in total. The third-order valence-corrected chi connectivity index (χ3v) is 7.04. The molecule has 2 aromatic rings. The second-order valence-corrected chi connectivity index (χ2v) is 8.70. The quantitative estimate of drug-likeness (QED) is 0.868. The third-order valence-electron chi connectivity index (χ3n) is 3.79. The summed E-state index contributed by atoms with van der Waals surface area (Å²) in [4.78, 5) is 16.8. The van der Waals surface area contributed by atoms with Crippen molar-refractivity contribution < 1.29 is 17.6 Å². The van der Waals surface area contributed by atoms with Gasteiger partial charge < -0.3 is 10.2 Å². The Balaban J connectivity index is 1.70. The molecule has 1 amide bonds. The van der Waals surface area contributed by atoms with E-state index in [0.717, 1.165) is 11.3 Å². The Kier molecular flexibility index (Phi) is 5.02. The van der Waals surface area contributed by atoms with E-state index >= 15 is 0 Å². The van der Waals surface area contributed by atoms with Crippen LogP contribution in [-0.4, -0.2) is 49.8 Å². The SMILES string of the molecule is CC(=O)Nc1ncc(S(=O)(=O)N2CCN(c3ccccc3F)CC2)s1. The van der Waals surface area contributed by atoms with E-state index in [2.05, 4.69) is 10.3 Å². The van der Waals surface area contributed by atoms with Crippen LogP contribution in [-0.2, 0) is 14.8 Å². The van der Waals surface area contributed by atoms with Crippen LogP contribution in [0, 0.1) is 5.82 Å². The van der Waals surface area contributed by atoms with Crippen LogP contribution in [0.2, 0.25) is 0 Å². The highest BCUT2D eigenvalue weighted by molar-refractivity contribution is 7.91. The first-order valence-electron chi connectivity index (χ1n) is 7.61. The number of carbonyl (C=O) groups is 1. The Labute approximate surface area is 149 Å². The fraction of sp³-hybridized carbons (Fsp3) is 0.333. The van der Waals surface area contributed by atoms with Crippen LogP contribution >= 0.6 is 11.3 Å². The number of anilines is 2. The van der Waals surface area contributed by atoms with Crippen LogP contribution in [0.1, 0.15) is 6.92 Å². The largest absolute Gasteiger partial charge is 0.367 e. The summed E-state index contributed by atoms with van der Waals surface area (Å²) in [6.45, 7) is 2.64. The highest BCUT2D eigenvalue weighted by Gasteiger charge is 2.30. The molecule has 0 bridgehead atoms. The summed E-state index contributed by atoms with van der Waals surface area (Å²) in [7, 11) is -3.68. The maximum Gasteiger partial charge on any atom is 0.254 e. The molecule has 1 saturated heterocycles. The zero-order valence-electron chi connectivity index (χ0n) is 13.5. The summed E-state index contributed by atoms with van der Waals surface area (Å²) in [6, 6.07) is 6.44. The monoisotopic (exact) mass is 384 g/mol. The molecule has 7 nitrogen and oxygen atoms in total. The second-order valence-electron chi connectivity index (χ2n) is 5.51. The summed E-state index contributed by atoms with van der Waals surface area (Å²) in [5.41, 5.74) is 0.477. The maximum absolute atomic E-state index is 13.9. The van der Waals surface area contributed by atoms with Crippen molar-refractivity contribution in [2.45, 2.75) is 11.1 Å². The smallest absolute Gasteiger partial charge is 0.254 e. The van der Waals surface area contributed by atoms with Crippen LogP contribution < -0.4 is 10.2 Å². The second kappa shape index (κ2) is 7.06. The predicted molar refractivity (Wildman–Crippen MR) is 93.8 cm³/mol. The molecular formula is C15H17FN4O3S2. The van der Waals surface area contributed by atoms with Gasteiger partial charge in [0.1, 0.15) is 5.82 Å². The molecule has 1 aromatic heterocycles. The molecular weight excluding hydrogens is 367 g/mol. The van der Waals surface area contributed by atoms with Crippen LogP contribution in [0.3, 0.4) is 0 Å². The van der Waals surface area contributed by atoms with Gasteiger partial charge in [-0.05, 0) is 12.1 Å². The van der Waals surface area contributed by atoms with E-state index in [-0.39, 0.29) is 34.2 Å². The van der Waals surface area contributed by atoms with Gasteiger partial charge in [-0.3, -0.25) is 4.79 Å². The number of hydrogen-bond acceptors (Lipinski definition) is 6. The van der Waals surface area contributed by atoms with Crippen molar-refractivity contribution >= 4 is 38.1 Å². The molecule has 1 aromatic carbocycles. The highest BCUT2D eigenvalue weighted by Crippen LogP contribution is 2.28. The van der Waals surface area contributed by atoms with Gasteiger partial charge in [-0.2, -0.15) is 4.31 Å². The molecule has 0 unspecified atom stereocenters. The number of amides is 1. The number of nitrogens with zero attached hydrogens (tertiary/aromatic N) is 3. The molecule has 1 aliphatic rings. The molecule has 3 rings (SSSR count). The van der Waals surface area contributed by atoms with Gasteiger partial charge in [-0.25, -0.2) is 17.8 Å². The first kappa shape index (κ1) is 17.8. The number of hydrogen-bond donors (Lipinski definition) is 1. The fourth-order valence-electron chi connectivity index (χ4n) is 2.59. The number of benzene rings is 1. The fourth-order valence-corrected chi connectivity index (χ4v) is 5.25. The number of sulfonamides is 1. The van der Waals surface area contributed by atoms with Gasteiger partial charge in [0.2, 0.25) is 5.91 Å². The lowest BCUT2D eigenvalue weighted by Gasteiger charge is -2.35. The average molecular weight is 384 g/mol. The van der Waals surface area contributed by atoms with Gasteiger partial charge in [-0.15, -0.1) is 0 Å². The summed E-state index contributed by atoms with van der Waals surface area (Å²) < 4.78 is 40.7. The van der Waals surface area contributed by atoms with E-state index in [0.29, 0.717) is 18.8 Å². The van der Waals surface area contributed by atoms with Crippen LogP contribution in [0.5, 0.6) is 0 Å². The number of carbonyl (C=O) groups excluding carboxylic acids is 1. The van der Waals surface area contributed by atoms with Crippen LogP contribution in [0.15, 0.2) is 34.7 Å². The van der Waals surface area contributed by atoms with E-state index in [1.54, 1.807) is 18.2 Å². The van der Waals surface area contributed by atoms with Crippen molar-refractivity contribution in [2.24, 2.45) is 0 Å². The Morgan fingerprint density at radius 1 is 1.24 bits per heavy atom. The summed E-state index contributed by atoms with van der Waals surface area (Å²) in [6.07, 6.45) is 1.24. The number of halogens is 1. The minimum atomic E-state index is -3.68. The zero-order chi connectivity index (χ0) is 18.0. The molecule has 0 aliphatic carbocycles. The van der Waals surface area contributed by atoms with Gasteiger partial charge >= 0.3 is 0 Å². The zero-order valence-corrected chi connectivity index (χ0v) is 15.1. The standard InChI is InChI=1S/C15H17FN4O3S2/c1-11(21)18-15-17-10-14(24-15)25(22,23)20-8-6-19(7-9-20)13-5-3-2-4-12(13)16/h2-5,10H,6-9H2,1H3,(H,17,18,21). The summed E-state index contributed by atoms with van der Waals surface area (Å²) >= 11 is 0.915. The van der Waals surface area contributed by atoms with E-state index in [4.69, 9.17) is 0 Å². The number of aromatic nitrogens is 1. The van der Waals surface area contributed by atoms with E-state index < -0.39 is 10.0 Å².